The van der Waals surface area contributed by atoms with E-state index in [0.717, 1.165) is 4.57 Å². The van der Waals surface area contributed by atoms with Crippen molar-refractivity contribution >= 4 is 29.5 Å². The predicted molar refractivity (Wildman–Crippen MR) is 114 cm³/mol. The maximum absolute atomic E-state index is 12.8. The van der Waals surface area contributed by atoms with Gasteiger partial charge in [0, 0.05) is 18.7 Å². The third-order valence-corrected chi connectivity index (χ3v) is 4.04. The number of carbonyl (C=O) groups is 2. The first-order chi connectivity index (χ1) is 14.1. The highest BCUT2D eigenvalue weighted by Gasteiger charge is 2.19. The summed E-state index contributed by atoms with van der Waals surface area (Å²) in [6, 6.07) is 8.74. The lowest BCUT2D eigenvalue weighted by molar-refractivity contribution is -0.137. The summed E-state index contributed by atoms with van der Waals surface area (Å²) in [5.41, 5.74) is -0.359. The maximum Gasteiger partial charge on any atom is 0.407 e. The minimum absolute atomic E-state index is 0.0106. The Morgan fingerprint density at radius 2 is 1.87 bits per heavy atom. The van der Waals surface area contributed by atoms with Crippen LogP contribution in [0.5, 0.6) is 0 Å². The van der Waals surface area contributed by atoms with E-state index in [1.165, 1.54) is 0 Å². The zero-order valence-corrected chi connectivity index (χ0v) is 17.8. The van der Waals surface area contributed by atoms with E-state index >= 15 is 0 Å². The minimum atomic E-state index is -1.18. The van der Waals surface area contributed by atoms with E-state index in [2.05, 4.69) is 15.6 Å². The van der Waals surface area contributed by atoms with E-state index in [-0.39, 0.29) is 16.7 Å². The summed E-state index contributed by atoms with van der Waals surface area (Å²) in [5.74, 6) is -1.23. The van der Waals surface area contributed by atoms with Gasteiger partial charge >= 0.3 is 12.1 Å². The molecule has 0 aliphatic carbocycles. The molecule has 162 valence electrons. The number of nitrogens with zero attached hydrogens (tertiary/aromatic N) is 2. The molecule has 0 bridgehead atoms. The van der Waals surface area contributed by atoms with Crippen LogP contribution in [0.15, 0.2) is 35.1 Å². The fraction of sp³-hybridized carbons (Fsp3) is 0.400. The molecule has 10 heteroatoms. The average Bonchev–Trinajstić information content (AvgIpc) is 2.64. The number of carboxylic acids is 1. The van der Waals surface area contributed by atoms with Crippen molar-refractivity contribution in [1.29, 1.82) is 0 Å². The maximum atomic E-state index is 12.8. The van der Waals surface area contributed by atoms with Gasteiger partial charge in [-0.1, -0.05) is 41.9 Å². The molecule has 30 heavy (non-hydrogen) atoms. The first-order valence-electron chi connectivity index (χ1n) is 9.37. The van der Waals surface area contributed by atoms with Crippen molar-refractivity contribution in [3.05, 3.63) is 45.8 Å². The van der Waals surface area contributed by atoms with Crippen molar-refractivity contribution in [1.82, 2.24) is 14.9 Å². The number of alkyl carbamates (subject to hydrolysis) is 1. The summed E-state index contributed by atoms with van der Waals surface area (Å²) in [6.45, 7) is 5.38. The van der Waals surface area contributed by atoms with Crippen LogP contribution in [0.3, 0.4) is 0 Å². The fourth-order valence-corrected chi connectivity index (χ4v) is 2.91. The molecule has 1 aromatic heterocycles. The number of benzene rings is 1. The van der Waals surface area contributed by atoms with E-state index in [1.54, 1.807) is 51.1 Å². The normalized spacial score (nSPS) is 11.1. The van der Waals surface area contributed by atoms with Gasteiger partial charge in [0.15, 0.2) is 11.0 Å². The summed E-state index contributed by atoms with van der Waals surface area (Å²) < 4.78 is 6.21. The lowest BCUT2D eigenvalue weighted by Crippen LogP contribution is -2.34. The predicted octanol–water partition coefficient (Wildman–Crippen LogP) is 2.98. The molecule has 0 atom stereocenters. The molecular weight excluding hydrogens is 412 g/mol. The van der Waals surface area contributed by atoms with Crippen LogP contribution in [0.2, 0.25) is 5.15 Å². The Morgan fingerprint density at radius 3 is 2.47 bits per heavy atom. The van der Waals surface area contributed by atoms with Gasteiger partial charge < -0.3 is 20.5 Å². The second kappa shape index (κ2) is 10.1. The smallest absolute Gasteiger partial charge is 0.407 e. The number of halogens is 1. The molecule has 0 saturated heterocycles. The van der Waals surface area contributed by atoms with Crippen LogP contribution >= 0.6 is 11.6 Å². The molecule has 1 amide bonds. The monoisotopic (exact) mass is 436 g/mol. The molecule has 9 nitrogen and oxygen atoms in total. The van der Waals surface area contributed by atoms with E-state index in [4.69, 9.17) is 16.3 Å². The van der Waals surface area contributed by atoms with Gasteiger partial charge in [-0.2, -0.15) is 0 Å². The van der Waals surface area contributed by atoms with Crippen LogP contribution in [-0.2, 0) is 16.1 Å². The third kappa shape index (κ3) is 6.77. The van der Waals surface area contributed by atoms with Crippen molar-refractivity contribution in [3.8, 4) is 11.3 Å². The highest BCUT2D eigenvalue weighted by molar-refractivity contribution is 6.32. The number of carbonyl (C=O) groups excluding carboxylic acids is 1. The zero-order chi connectivity index (χ0) is 22.3. The number of carboxylic acid groups (broad SMARTS) is 1. The van der Waals surface area contributed by atoms with Gasteiger partial charge in [-0.25, -0.2) is 9.78 Å². The zero-order valence-electron chi connectivity index (χ0n) is 17.1. The first kappa shape index (κ1) is 23.2. The summed E-state index contributed by atoms with van der Waals surface area (Å²) in [7, 11) is 0. The molecule has 3 N–H and O–H groups in total. The molecule has 0 fully saturated rings. The van der Waals surface area contributed by atoms with Crippen LogP contribution in [0, 0.1) is 0 Å². The number of hydrogen-bond acceptors (Lipinski definition) is 6. The van der Waals surface area contributed by atoms with Gasteiger partial charge in [0.05, 0.1) is 5.69 Å². The molecule has 1 aromatic carbocycles. The summed E-state index contributed by atoms with van der Waals surface area (Å²) in [4.78, 5) is 39.8. The van der Waals surface area contributed by atoms with Crippen molar-refractivity contribution in [3.63, 3.8) is 0 Å². The van der Waals surface area contributed by atoms with Crippen molar-refractivity contribution < 1.29 is 19.4 Å². The number of aliphatic carboxylic acids is 1. The van der Waals surface area contributed by atoms with Crippen molar-refractivity contribution in [2.75, 3.05) is 18.4 Å². The summed E-state index contributed by atoms with van der Waals surface area (Å²) in [6.07, 6.45) is -0.0446. The van der Waals surface area contributed by atoms with Crippen LogP contribution in [0.25, 0.3) is 11.3 Å². The second-order valence-corrected chi connectivity index (χ2v) is 7.82. The van der Waals surface area contributed by atoms with Crippen LogP contribution in [0.1, 0.15) is 27.2 Å². The van der Waals surface area contributed by atoms with Crippen LogP contribution in [-0.4, -0.2) is 45.4 Å². The topological polar surface area (TPSA) is 123 Å². The second-order valence-electron chi connectivity index (χ2n) is 7.46. The quantitative estimate of drug-likeness (QED) is 0.543. The average molecular weight is 437 g/mol. The minimum Gasteiger partial charge on any atom is -0.480 e. The van der Waals surface area contributed by atoms with Crippen molar-refractivity contribution in [2.24, 2.45) is 0 Å². The van der Waals surface area contributed by atoms with E-state index in [0.29, 0.717) is 25.1 Å². The van der Waals surface area contributed by atoms with E-state index in [9.17, 15) is 19.5 Å². The number of rotatable bonds is 8. The number of aromatic nitrogens is 2. The highest BCUT2D eigenvalue weighted by Crippen LogP contribution is 2.26. The van der Waals surface area contributed by atoms with E-state index in [1.807, 2.05) is 0 Å². The van der Waals surface area contributed by atoms with Gasteiger partial charge in [-0.05, 0) is 27.2 Å². The Bertz CT molecular complexity index is 954. The Labute approximate surface area is 179 Å². The number of anilines is 1. The van der Waals surface area contributed by atoms with Gasteiger partial charge in [0.25, 0.3) is 5.56 Å². The molecule has 0 aliphatic rings. The number of amides is 1. The Kier molecular flexibility index (Phi) is 7.82. The molecule has 1 heterocycles. The fourth-order valence-electron chi connectivity index (χ4n) is 2.61. The van der Waals surface area contributed by atoms with E-state index < -0.39 is 29.8 Å². The van der Waals surface area contributed by atoms with Gasteiger partial charge in [0.1, 0.15) is 12.1 Å². The number of hydrogen-bond donors (Lipinski definition) is 3. The molecule has 2 aromatic rings. The molecular formula is C20H25ClN4O5. The number of ether oxygens (including phenoxy) is 1. The largest absolute Gasteiger partial charge is 0.480 e. The Hall–Kier alpha value is -3.07. The van der Waals surface area contributed by atoms with Gasteiger partial charge in [-0.3, -0.25) is 14.2 Å². The molecule has 0 aliphatic heterocycles. The molecule has 0 saturated carbocycles. The SMILES string of the molecule is CC(C)(C)OC(=O)NCCCNc1nc(Cl)c(-c2ccccc2)n(CC(=O)O)c1=O. The van der Waals surface area contributed by atoms with Crippen molar-refractivity contribution in [2.45, 2.75) is 39.3 Å². The molecule has 0 unspecified atom stereocenters. The summed E-state index contributed by atoms with van der Waals surface area (Å²) in [5, 5.41) is 14.7. The Morgan fingerprint density at radius 1 is 1.20 bits per heavy atom. The lowest BCUT2D eigenvalue weighted by Gasteiger charge is -2.19. The van der Waals surface area contributed by atoms with Crippen LogP contribution in [0.4, 0.5) is 10.6 Å². The number of nitrogens with one attached hydrogen (secondary N) is 2. The van der Waals surface area contributed by atoms with Gasteiger partial charge in [-0.15, -0.1) is 0 Å². The molecule has 2 rings (SSSR count). The Balaban J connectivity index is 2.11. The lowest BCUT2D eigenvalue weighted by atomic mass is 10.1. The third-order valence-electron chi connectivity index (χ3n) is 3.78. The first-order valence-corrected chi connectivity index (χ1v) is 9.74. The highest BCUT2D eigenvalue weighted by atomic mass is 35.5. The molecule has 0 radical (unpaired) electrons. The van der Waals surface area contributed by atoms with Gasteiger partial charge in [0.2, 0.25) is 0 Å². The standard InChI is InChI=1S/C20H25ClN4O5/c1-20(2,3)30-19(29)23-11-7-10-22-17-18(28)25(12-14(26)27)15(16(21)24-17)13-8-5-4-6-9-13/h4-6,8-9H,7,10-12H2,1-3H3,(H,22,24)(H,23,29)(H,26,27). The van der Waals surface area contributed by atoms with Crippen LogP contribution < -0.4 is 16.2 Å². The summed E-state index contributed by atoms with van der Waals surface area (Å²) >= 11 is 6.29. The molecule has 0 spiro atoms.